The van der Waals surface area contributed by atoms with E-state index in [0.29, 0.717) is 12.4 Å². The van der Waals surface area contributed by atoms with Gasteiger partial charge in [0.2, 0.25) is 0 Å². The average Bonchev–Trinajstić information content (AvgIpc) is 2.95. The lowest BCUT2D eigenvalue weighted by atomic mass is 10.1. The van der Waals surface area contributed by atoms with Crippen LogP contribution in [0.4, 0.5) is 0 Å². The molecular formula is C15H14N4S. The molecule has 0 spiro atoms. The maximum absolute atomic E-state index is 6.02. The molecule has 0 radical (unpaired) electrons. The van der Waals surface area contributed by atoms with E-state index in [1.54, 1.807) is 0 Å². The minimum absolute atomic E-state index is 0.552. The Balaban J connectivity index is 1.71. The van der Waals surface area contributed by atoms with Gasteiger partial charge in [0.15, 0.2) is 0 Å². The van der Waals surface area contributed by atoms with Crippen molar-refractivity contribution in [1.29, 1.82) is 0 Å². The third-order valence-electron chi connectivity index (χ3n) is 3.07. The molecule has 100 valence electrons. The molecule has 0 aliphatic rings. The van der Waals surface area contributed by atoms with Crippen LogP contribution in [0.2, 0.25) is 0 Å². The first-order chi connectivity index (χ1) is 9.83. The summed E-state index contributed by atoms with van der Waals surface area (Å²) in [7, 11) is 0. The molecule has 0 aliphatic heterocycles. The summed E-state index contributed by atoms with van der Waals surface area (Å²) in [6, 6.07) is 16.1. The van der Waals surface area contributed by atoms with E-state index < -0.39 is 0 Å². The van der Waals surface area contributed by atoms with Crippen molar-refractivity contribution in [2.45, 2.75) is 6.42 Å². The number of hydrogen-bond donors (Lipinski definition) is 1. The number of amidine groups is 1. The van der Waals surface area contributed by atoms with Crippen molar-refractivity contribution in [3.05, 3.63) is 59.7 Å². The first kappa shape index (κ1) is 12.7. The number of hydrogen-bond acceptors (Lipinski definition) is 4. The summed E-state index contributed by atoms with van der Waals surface area (Å²) in [5.41, 5.74) is 9.96. The second-order valence-corrected chi connectivity index (χ2v) is 5.00. The molecule has 5 heteroatoms. The molecule has 0 saturated heterocycles. The lowest BCUT2D eigenvalue weighted by molar-refractivity contribution is 0.966. The van der Waals surface area contributed by atoms with E-state index in [4.69, 9.17) is 5.73 Å². The zero-order valence-corrected chi connectivity index (χ0v) is 11.7. The number of aliphatic imine (C=N–C) groups is 1. The summed E-state index contributed by atoms with van der Waals surface area (Å²) in [6.45, 7) is 0.684. The SMILES string of the molecule is NC(=NCCc1ccccc1)c1ccc2nsnc2c1. The van der Waals surface area contributed by atoms with Crippen LogP contribution in [0.1, 0.15) is 11.1 Å². The lowest BCUT2D eigenvalue weighted by Gasteiger charge is -2.02. The molecule has 1 heterocycles. The highest BCUT2D eigenvalue weighted by atomic mass is 32.1. The summed E-state index contributed by atoms with van der Waals surface area (Å²) in [4.78, 5) is 4.43. The van der Waals surface area contributed by atoms with Crippen LogP contribution in [0.3, 0.4) is 0 Å². The van der Waals surface area contributed by atoms with Gasteiger partial charge >= 0.3 is 0 Å². The number of aromatic nitrogens is 2. The van der Waals surface area contributed by atoms with Gasteiger partial charge in [0.1, 0.15) is 16.9 Å². The summed E-state index contributed by atoms with van der Waals surface area (Å²) < 4.78 is 8.38. The van der Waals surface area contributed by atoms with Crippen molar-refractivity contribution in [1.82, 2.24) is 8.75 Å². The Bertz CT molecular complexity index is 734. The first-order valence-electron chi connectivity index (χ1n) is 6.39. The molecule has 4 nitrogen and oxygen atoms in total. The molecule has 0 saturated carbocycles. The third kappa shape index (κ3) is 2.83. The average molecular weight is 282 g/mol. The molecule has 0 amide bonds. The maximum atomic E-state index is 6.02. The van der Waals surface area contributed by atoms with Gasteiger partial charge in [-0.25, -0.2) is 0 Å². The Morgan fingerprint density at radius 2 is 1.85 bits per heavy atom. The van der Waals surface area contributed by atoms with Gasteiger partial charge in [-0.3, -0.25) is 4.99 Å². The fourth-order valence-electron chi connectivity index (χ4n) is 1.98. The monoisotopic (exact) mass is 282 g/mol. The van der Waals surface area contributed by atoms with Crippen LogP contribution in [0, 0.1) is 0 Å². The van der Waals surface area contributed by atoms with Gasteiger partial charge in [-0.05, 0) is 30.2 Å². The zero-order chi connectivity index (χ0) is 13.8. The van der Waals surface area contributed by atoms with Crippen molar-refractivity contribution in [3.63, 3.8) is 0 Å². The Morgan fingerprint density at radius 3 is 2.70 bits per heavy atom. The number of fused-ring (bicyclic) bond motifs is 1. The molecular weight excluding hydrogens is 268 g/mol. The number of rotatable bonds is 4. The lowest BCUT2D eigenvalue weighted by Crippen LogP contribution is -2.14. The van der Waals surface area contributed by atoms with Crippen LogP contribution < -0.4 is 5.73 Å². The Hall–Kier alpha value is -2.27. The maximum Gasteiger partial charge on any atom is 0.125 e. The fraction of sp³-hybridized carbons (Fsp3) is 0.133. The standard InChI is InChI=1S/C15H14N4S/c16-15(17-9-8-11-4-2-1-3-5-11)12-6-7-13-14(10-12)19-20-18-13/h1-7,10H,8-9H2,(H2,16,17). The highest BCUT2D eigenvalue weighted by Crippen LogP contribution is 2.13. The van der Waals surface area contributed by atoms with E-state index in [1.165, 1.54) is 17.3 Å². The van der Waals surface area contributed by atoms with E-state index in [-0.39, 0.29) is 0 Å². The van der Waals surface area contributed by atoms with Crippen LogP contribution in [0.25, 0.3) is 11.0 Å². The van der Waals surface area contributed by atoms with Gasteiger partial charge in [0.25, 0.3) is 0 Å². The molecule has 2 aromatic carbocycles. The largest absolute Gasteiger partial charge is 0.384 e. The summed E-state index contributed by atoms with van der Waals surface area (Å²) in [5, 5.41) is 0. The summed E-state index contributed by atoms with van der Waals surface area (Å²) >= 11 is 1.21. The molecule has 3 rings (SSSR count). The van der Waals surface area contributed by atoms with Crippen molar-refractivity contribution in [2.24, 2.45) is 10.7 Å². The normalized spacial score (nSPS) is 11.9. The van der Waals surface area contributed by atoms with E-state index >= 15 is 0 Å². The highest BCUT2D eigenvalue weighted by molar-refractivity contribution is 7.00. The van der Waals surface area contributed by atoms with Gasteiger partial charge in [0, 0.05) is 12.1 Å². The molecule has 2 N–H and O–H groups in total. The molecule has 3 aromatic rings. The highest BCUT2D eigenvalue weighted by Gasteiger charge is 2.03. The molecule has 0 bridgehead atoms. The van der Waals surface area contributed by atoms with Crippen LogP contribution in [-0.2, 0) is 6.42 Å². The van der Waals surface area contributed by atoms with Crippen molar-refractivity contribution in [3.8, 4) is 0 Å². The second kappa shape index (κ2) is 5.79. The minimum atomic E-state index is 0.552. The van der Waals surface area contributed by atoms with E-state index in [1.807, 2.05) is 36.4 Å². The summed E-state index contributed by atoms with van der Waals surface area (Å²) in [5.74, 6) is 0.552. The fourth-order valence-corrected chi connectivity index (χ4v) is 2.50. The smallest absolute Gasteiger partial charge is 0.125 e. The van der Waals surface area contributed by atoms with Crippen LogP contribution in [-0.4, -0.2) is 21.1 Å². The van der Waals surface area contributed by atoms with Crippen LogP contribution in [0.15, 0.2) is 53.5 Å². The van der Waals surface area contributed by atoms with Gasteiger partial charge in [-0.1, -0.05) is 30.3 Å². The quantitative estimate of drug-likeness (QED) is 0.591. The Labute approximate surface area is 121 Å². The van der Waals surface area contributed by atoms with Crippen LogP contribution in [0.5, 0.6) is 0 Å². The van der Waals surface area contributed by atoms with Crippen molar-refractivity contribution >= 4 is 28.6 Å². The third-order valence-corrected chi connectivity index (χ3v) is 3.63. The topological polar surface area (TPSA) is 64.2 Å². The molecule has 20 heavy (non-hydrogen) atoms. The number of nitrogens with two attached hydrogens (primary N) is 1. The van der Waals surface area contributed by atoms with Crippen LogP contribution >= 0.6 is 11.7 Å². The molecule has 0 atom stereocenters. The summed E-state index contributed by atoms with van der Waals surface area (Å²) in [6.07, 6.45) is 0.891. The van der Waals surface area contributed by atoms with E-state index in [0.717, 1.165) is 23.0 Å². The number of nitrogens with zero attached hydrogens (tertiary/aromatic N) is 3. The zero-order valence-electron chi connectivity index (χ0n) is 10.9. The molecule has 0 fully saturated rings. The number of benzene rings is 2. The van der Waals surface area contributed by atoms with E-state index in [9.17, 15) is 0 Å². The predicted molar refractivity (Wildman–Crippen MR) is 83.2 cm³/mol. The first-order valence-corrected chi connectivity index (χ1v) is 7.12. The van der Waals surface area contributed by atoms with Gasteiger partial charge < -0.3 is 5.73 Å². The second-order valence-electron chi connectivity index (χ2n) is 4.47. The van der Waals surface area contributed by atoms with Gasteiger partial charge in [0.05, 0.1) is 11.7 Å². The van der Waals surface area contributed by atoms with Gasteiger partial charge in [-0.15, -0.1) is 0 Å². The van der Waals surface area contributed by atoms with Crippen molar-refractivity contribution < 1.29 is 0 Å². The molecule has 0 unspecified atom stereocenters. The minimum Gasteiger partial charge on any atom is -0.384 e. The predicted octanol–water partition coefficient (Wildman–Crippen LogP) is 2.64. The van der Waals surface area contributed by atoms with Crippen molar-refractivity contribution in [2.75, 3.05) is 6.54 Å². The van der Waals surface area contributed by atoms with Gasteiger partial charge in [-0.2, -0.15) is 8.75 Å². The van der Waals surface area contributed by atoms with E-state index in [2.05, 4.69) is 25.9 Å². The molecule has 1 aromatic heterocycles. The Kier molecular flexibility index (Phi) is 3.69. The molecule has 0 aliphatic carbocycles. The Morgan fingerprint density at radius 1 is 1.05 bits per heavy atom.